The second-order valence-corrected chi connectivity index (χ2v) is 6.68. The number of rotatable bonds is 4. The molecular weight excluding hydrogens is 346 g/mol. The van der Waals surface area contributed by atoms with Crippen LogP contribution in [0.25, 0.3) is 11.8 Å². The SMILES string of the molecule is CCN1C(=O)/C(=C\c2cccn2-c2ccc([N+](=O)[O-])cc2)SC1=S. The maximum atomic E-state index is 12.3. The quantitative estimate of drug-likeness (QED) is 0.361. The molecule has 1 aromatic carbocycles. The van der Waals surface area contributed by atoms with E-state index in [0.717, 1.165) is 11.4 Å². The van der Waals surface area contributed by atoms with Crippen molar-refractivity contribution in [1.29, 1.82) is 0 Å². The van der Waals surface area contributed by atoms with Gasteiger partial charge in [0, 0.05) is 36.3 Å². The first-order chi connectivity index (χ1) is 11.5. The van der Waals surface area contributed by atoms with Crippen LogP contribution in [0.5, 0.6) is 0 Å². The summed E-state index contributed by atoms with van der Waals surface area (Å²) in [6.45, 7) is 2.43. The Kier molecular flexibility index (Phi) is 4.50. The van der Waals surface area contributed by atoms with E-state index in [9.17, 15) is 14.9 Å². The Balaban J connectivity index is 1.94. The molecule has 1 saturated heterocycles. The zero-order valence-corrected chi connectivity index (χ0v) is 14.3. The minimum Gasteiger partial charge on any atom is -0.317 e. The third-order valence-electron chi connectivity index (χ3n) is 3.59. The minimum absolute atomic E-state index is 0.0382. The molecule has 1 aliphatic heterocycles. The molecule has 0 radical (unpaired) electrons. The van der Waals surface area contributed by atoms with E-state index in [1.54, 1.807) is 23.1 Å². The number of carbonyl (C=O) groups excluding carboxylic acids is 1. The van der Waals surface area contributed by atoms with E-state index < -0.39 is 4.92 Å². The summed E-state index contributed by atoms with van der Waals surface area (Å²) in [7, 11) is 0. The van der Waals surface area contributed by atoms with Crippen LogP contribution in [0.2, 0.25) is 0 Å². The molecule has 0 bridgehead atoms. The maximum absolute atomic E-state index is 12.3. The van der Waals surface area contributed by atoms with Gasteiger partial charge in [-0.15, -0.1) is 0 Å². The summed E-state index contributed by atoms with van der Waals surface area (Å²) in [6, 6.07) is 9.98. The predicted molar refractivity (Wildman–Crippen MR) is 98.0 cm³/mol. The number of likely N-dealkylation sites (N-methyl/N-ethyl adjacent to an activating group) is 1. The second kappa shape index (κ2) is 6.58. The fraction of sp³-hybridized carbons (Fsp3) is 0.125. The average molecular weight is 359 g/mol. The number of nitro groups is 1. The summed E-state index contributed by atoms with van der Waals surface area (Å²) >= 11 is 6.49. The number of non-ortho nitro benzene ring substituents is 1. The Bertz CT molecular complexity index is 856. The van der Waals surface area contributed by atoms with Crippen molar-refractivity contribution in [2.45, 2.75) is 6.92 Å². The Morgan fingerprint density at radius 3 is 2.58 bits per heavy atom. The Morgan fingerprint density at radius 2 is 2.00 bits per heavy atom. The number of hydrogen-bond donors (Lipinski definition) is 0. The molecule has 24 heavy (non-hydrogen) atoms. The number of carbonyl (C=O) groups is 1. The fourth-order valence-electron chi connectivity index (χ4n) is 2.39. The number of thiocarbonyl (C=S) groups is 1. The average Bonchev–Trinajstić information content (AvgIpc) is 3.12. The molecule has 0 spiro atoms. The van der Waals surface area contributed by atoms with Crippen LogP contribution < -0.4 is 0 Å². The van der Waals surface area contributed by atoms with Crippen LogP contribution in [0.3, 0.4) is 0 Å². The topological polar surface area (TPSA) is 68.4 Å². The molecule has 1 aliphatic rings. The van der Waals surface area contributed by atoms with Crippen LogP contribution >= 0.6 is 24.0 Å². The third kappa shape index (κ3) is 2.98. The van der Waals surface area contributed by atoms with Gasteiger partial charge in [-0.05, 0) is 37.3 Å². The standard InChI is InChI=1S/C16H13N3O3S2/c1-2-17-15(20)14(24-16(17)23)10-13-4-3-9-18(13)11-5-7-12(8-6-11)19(21)22/h3-10H,2H2,1H3/b14-10+. The lowest BCUT2D eigenvalue weighted by Crippen LogP contribution is -2.27. The van der Waals surface area contributed by atoms with E-state index in [-0.39, 0.29) is 11.6 Å². The smallest absolute Gasteiger partial charge is 0.269 e. The zero-order chi connectivity index (χ0) is 17.3. The molecular formula is C16H13N3O3S2. The number of thioether (sulfide) groups is 1. The second-order valence-electron chi connectivity index (χ2n) is 5.00. The molecule has 3 rings (SSSR count). The summed E-state index contributed by atoms with van der Waals surface area (Å²) < 4.78 is 2.42. The molecule has 2 heterocycles. The van der Waals surface area contributed by atoms with Crippen molar-refractivity contribution in [2.75, 3.05) is 6.54 Å². The summed E-state index contributed by atoms with van der Waals surface area (Å²) in [5.74, 6) is -0.0936. The summed E-state index contributed by atoms with van der Waals surface area (Å²) in [4.78, 5) is 24.8. The molecule has 2 aromatic rings. The van der Waals surface area contributed by atoms with E-state index in [1.807, 2.05) is 29.8 Å². The molecule has 1 fully saturated rings. The van der Waals surface area contributed by atoms with Gasteiger partial charge in [0.2, 0.25) is 0 Å². The molecule has 0 saturated carbocycles. The van der Waals surface area contributed by atoms with Gasteiger partial charge in [-0.25, -0.2) is 0 Å². The molecule has 0 atom stereocenters. The lowest BCUT2D eigenvalue weighted by atomic mass is 10.2. The maximum Gasteiger partial charge on any atom is 0.269 e. The van der Waals surface area contributed by atoms with Gasteiger partial charge in [0.15, 0.2) is 0 Å². The van der Waals surface area contributed by atoms with Crippen LogP contribution in [0.15, 0.2) is 47.5 Å². The van der Waals surface area contributed by atoms with Crippen LogP contribution in [-0.4, -0.2) is 31.2 Å². The minimum atomic E-state index is -0.434. The van der Waals surface area contributed by atoms with Crippen LogP contribution in [0, 0.1) is 10.1 Å². The summed E-state index contributed by atoms with van der Waals surface area (Å²) in [5.41, 5.74) is 1.62. The highest BCUT2D eigenvalue weighted by Gasteiger charge is 2.30. The largest absolute Gasteiger partial charge is 0.317 e. The molecule has 8 heteroatoms. The lowest BCUT2D eigenvalue weighted by molar-refractivity contribution is -0.384. The van der Waals surface area contributed by atoms with Gasteiger partial charge in [0.1, 0.15) is 4.32 Å². The first-order valence-electron chi connectivity index (χ1n) is 7.19. The number of hydrogen-bond acceptors (Lipinski definition) is 5. The molecule has 0 N–H and O–H groups in total. The van der Waals surface area contributed by atoms with E-state index in [2.05, 4.69) is 0 Å². The third-order valence-corrected chi connectivity index (χ3v) is 4.97. The van der Waals surface area contributed by atoms with E-state index in [4.69, 9.17) is 12.2 Å². The van der Waals surface area contributed by atoms with Crippen molar-refractivity contribution >= 4 is 46.0 Å². The number of nitrogens with zero attached hydrogens (tertiary/aromatic N) is 3. The molecule has 0 aliphatic carbocycles. The van der Waals surface area contributed by atoms with Gasteiger partial charge in [0.25, 0.3) is 11.6 Å². The molecule has 122 valence electrons. The molecule has 6 nitrogen and oxygen atoms in total. The Morgan fingerprint density at radius 1 is 1.29 bits per heavy atom. The Hall–Kier alpha value is -2.45. The van der Waals surface area contributed by atoms with Crippen LogP contribution in [0.4, 0.5) is 5.69 Å². The highest BCUT2D eigenvalue weighted by atomic mass is 32.2. The van der Waals surface area contributed by atoms with Crippen molar-refractivity contribution in [3.05, 3.63) is 63.3 Å². The molecule has 0 unspecified atom stereocenters. The normalized spacial score (nSPS) is 16.2. The van der Waals surface area contributed by atoms with Crippen molar-refractivity contribution in [2.24, 2.45) is 0 Å². The van der Waals surface area contributed by atoms with Crippen LogP contribution in [0.1, 0.15) is 12.6 Å². The van der Waals surface area contributed by atoms with Crippen molar-refractivity contribution in [1.82, 2.24) is 9.47 Å². The number of benzene rings is 1. The zero-order valence-electron chi connectivity index (χ0n) is 12.7. The number of amides is 1. The van der Waals surface area contributed by atoms with Gasteiger partial charge in [-0.3, -0.25) is 19.8 Å². The lowest BCUT2D eigenvalue weighted by Gasteiger charge is -2.09. The predicted octanol–water partition coefficient (Wildman–Crippen LogP) is 3.61. The van der Waals surface area contributed by atoms with Crippen molar-refractivity contribution < 1.29 is 9.72 Å². The van der Waals surface area contributed by atoms with Crippen molar-refractivity contribution in [3.63, 3.8) is 0 Å². The highest BCUT2D eigenvalue weighted by molar-refractivity contribution is 8.26. The first-order valence-corrected chi connectivity index (χ1v) is 8.41. The van der Waals surface area contributed by atoms with Gasteiger partial charge >= 0.3 is 0 Å². The first kappa shape index (κ1) is 16.4. The molecule has 1 aromatic heterocycles. The number of aromatic nitrogens is 1. The van der Waals surface area contributed by atoms with Gasteiger partial charge in [0.05, 0.1) is 9.83 Å². The monoisotopic (exact) mass is 359 g/mol. The van der Waals surface area contributed by atoms with Gasteiger partial charge < -0.3 is 4.57 Å². The highest BCUT2D eigenvalue weighted by Crippen LogP contribution is 2.32. The fourth-order valence-corrected chi connectivity index (χ4v) is 3.76. The Labute approximate surface area is 147 Å². The van der Waals surface area contributed by atoms with Crippen LogP contribution in [-0.2, 0) is 4.79 Å². The van der Waals surface area contributed by atoms with Gasteiger partial charge in [-0.1, -0.05) is 24.0 Å². The number of nitro benzene ring substituents is 1. The van der Waals surface area contributed by atoms with Crippen molar-refractivity contribution in [3.8, 4) is 5.69 Å². The summed E-state index contributed by atoms with van der Waals surface area (Å²) in [5, 5.41) is 10.8. The van der Waals surface area contributed by atoms with E-state index in [0.29, 0.717) is 15.8 Å². The van der Waals surface area contributed by atoms with E-state index in [1.165, 1.54) is 23.9 Å². The summed E-state index contributed by atoms with van der Waals surface area (Å²) in [6.07, 6.45) is 3.63. The molecule has 1 amide bonds. The van der Waals surface area contributed by atoms with Gasteiger partial charge in [-0.2, -0.15) is 0 Å². The van der Waals surface area contributed by atoms with E-state index >= 15 is 0 Å².